The maximum atomic E-state index is 12.1. The van der Waals surface area contributed by atoms with Gasteiger partial charge in [-0.2, -0.15) is 0 Å². The molecule has 0 aliphatic rings. The Bertz CT molecular complexity index is 580. The first-order valence-corrected chi connectivity index (χ1v) is 7.09. The molecule has 0 bridgehead atoms. The molecule has 5 heteroatoms. The van der Waals surface area contributed by atoms with E-state index in [1.807, 2.05) is 18.4 Å². The minimum atomic E-state index is -0.170. The third-order valence-corrected chi connectivity index (χ3v) is 3.88. The molecule has 0 aliphatic carbocycles. The molecule has 100 valence electrons. The summed E-state index contributed by atoms with van der Waals surface area (Å²) in [5.74, 6) is -0.170. The molecule has 0 saturated carbocycles. The van der Waals surface area contributed by atoms with E-state index in [9.17, 15) is 4.79 Å². The van der Waals surface area contributed by atoms with E-state index in [1.54, 1.807) is 29.5 Å². The number of anilines is 1. The number of carbonyl (C=O) groups is 1. The average molecular weight is 275 g/mol. The van der Waals surface area contributed by atoms with Crippen LogP contribution in [0.15, 0.2) is 29.6 Å². The van der Waals surface area contributed by atoms with Gasteiger partial charge in [0.15, 0.2) is 0 Å². The van der Waals surface area contributed by atoms with Crippen LogP contribution in [0, 0.1) is 0 Å². The van der Waals surface area contributed by atoms with Gasteiger partial charge in [0.05, 0.1) is 22.3 Å². The first-order valence-electron chi connectivity index (χ1n) is 6.21. The van der Waals surface area contributed by atoms with E-state index in [1.165, 1.54) is 0 Å². The number of benzene rings is 1. The van der Waals surface area contributed by atoms with Gasteiger partial charge in [-0.15, -0.1) is 11.3 Å². The number of para-hydroxylation sites is 1. The van der Waals surface area contributed by atoms with Crippen molar-refractivity contribution in [1.29, 1.82) is 0 Å². The summed E-state index contributed by atoms with van der Waals surface area (Å²) in [5, 5.41) is 5.98. The molecule has 0 aliphatic heterocycles. The summed E-state index contributed by atoms with van der Waals surface area (Å²) in [6.07, 6.45) is 0.914. The number of nitrogens with one attached hydrogen (secondary N) is 1. The van der Waals surface area contributed by atoms with Crippen LogP contribution in [-0.2, 0) is 6.42 Å². The molecule has 3 N–H and O–H groups in total. The number of nitrogens with two attached hydrogens (primary N) is 1. The summed E-state index contributed by atoms with van der Waals surface area (Å²) < 4.78 is 0. The molecule has 0 radical (unpaired) electrons. The summed E-state index contributed by atoms with van der Waals surface area (Å²) in [4.78, 5) is 16.6. The predicted octanol–water partition coefficient (Wildman–Crippen LogP) is 2.78. The lowest BCUT2D eigenvalue weighted by Gasteiger charge is -2.12. The van der Waals surface area contributed by atoms with Crippen molar-refractivity contribution in [2.24, 2.45) is 0 Å². The minimum Gasteiger partial charge on any atom is -0.398 e. The SMILES string of the molecule is CCc1nc(C(C)NC(=O)c2ccccc2N)cs1. The van der Waals surface area contributed by atoms with E-state index in [2.05, 4.69) is 17.2 Å². The fourth-order valence-corrected chi connectivity index (χ4v) is 2.58. The molecule has 1 aromatic heterocycles. The number of aryl methyl sites for hydroxylation is 1. The fraction of sp³-hybridized carbons (Fsp3) is 0.286. The van der Waals surface area contributed by atoms with E-state index >= 15 is 0 Å². The number of aromatic nitrogens is 1. The molecule has 1 atom stereocenters. The van der Waals surface area contributed by atoms with Crippen LogP contribution in [0.3, 0.4) is 0 Å². The summed E-state index contributed by atoms with van der Waals surface area (Å²) in [5.41, 5.74) is 7.67. The Morgan fingerprint density at radius 1 is 1.47 bits per heavy atom. The van der Waals surface area contributed by atoms with Gasteiger partial charge in [-0.1, -0.05) is 19.1 Å². The zero-order chi connectivity index (χ0) is 13.8. The third kappa shape index (κ3) is 3.12. The largest absolute Gasteiger partial charge is 0.398 e. The Kier molecular flexibility index (Phi) is 4.16. The standard InChI is InChI=1S/C14H17N3OS/c1-3-13-17-12(8-19-13)9(2)16-14(18)10-6-4-5-7-11(10)15/h4-9H,3,15H2,1-2H3,(H,16,18). The molecule has 4 nitrogen and oxygen atoms in total. The molecule has 2 rings (SSSR count). The molecule has 0 spiro atoms. The Balaban J connectivity index is 2.08. The third-order valence-electron chi connectivity index (χ3n) is 2.87. The van der Waals surface area contributed by atoms with Crippen LogP contribution in [0.2, 0.25) is 0 Å². The molecular weight excluding hydrogens is 258 g/mol. The maximum absolute atomic E-state index is 12.1. The van der Waals surface area contributed by atoms with Crippen molar-refractivity contribution in [2.75, 3.05) is 5.73 Å². The van der Waals surface area contributed by atoms with Crippen molar-refractivity contribution in [3.63, 3.8) is 0 Å². The molecule has 0 saturated heterocycles. The van der Waals surface area contributed by atoms with Crippen molar-refractivity contribution in [3.8, 4) is 0 Å². The van der Waals surface area contributed by atoms with Gasteiger partial charge >= 0.3 is 0 Å². The summed E-state index contributed by atoms with van der Waals surface area (Å²) >= 11 is 1.62. The summed E-state index contributed by atoms with van der Waals surface area (Å²) in [7, 11) is 0. The fourth-order valence-electron chi connectivity index (χ4n) is 1.74. The number of hydrogen-bond acceptors (Lipinski definition) is 4. The maximum Gasteiger partial charge on any atom is 0.253 e. The van der Waals surface area contributed by atoms with Crippen molar-refractivity contribution in [2.45, 2.75) is 26.3 Å². The highest BCUT2D eigenvalue weighted by Gasteiger charge is 2.15. The lowest BCUT2D eigenvalue weighted by atomic mass is 10.1. The number of hydrogen-bond donors (Lipinski definition) is 2. The lowest BCUT2D eigenvalue weighted by molar-refractivity contribution is 0.0940. The van der Waals surface area contributed by atoms with Gasteiger partial charge in [0.25, 0.3) is 5.91 Å². The minimum absolute atomic E-state index is 0.122. The quantitative estimate of drug-likeness (QED) is 0.843. The van der Waals surface area contributed by atoms with E-state index in [0.717, 1.165) is 17.1 Å². The number of rotatable bonds is 4. The molecule has 1 heterocycles. The number of nitrogen functional groups attached to an aromatic ring is 1. The molecule has 2 aromatic rings. The smallest absolute Gasteiger partial charge is 0.253 e. The number of nitrogens with zero attached hydrogens (tertiary/aromatic N) is 1. The van der Waals surface area contributed by atoms with Gasteiger partial charge < -0.3 is 11.1 Å². The van der Waals surface area contributed by atoms with Crippen molar-refractivity contribution < 1.29 is 4.79 Å². The number of amides is 1. The highest BCUT2D eigenvalue weighted by atomic mass is 32.1. The van der Waals surface area contributed by atoms with E-state index in [-0.39, 0.29) is 11.9 Å². The Labute approximate surface area is 116 Å². The van der Waals surface area contributed by atoms with E-state index < -0.39 is 0 Å². The van der Waals surface area contributed by atoms with Crippen LogP contribution in [0.1, 0.15) is 40.9 Å². The van der Waals surface area contributed by atoms with Crippen molar-refractivity contribution in [1.82, 2.24) is 10.3 Å². The van der Waals surface area contributed by atoms with Gasteiger partial charge in [-0.05, 0) is 25.5 Å². The van der Waals surface area contributed by atoms with Gasteiger partial charge in [0.2, 0.25) is 0 Å². The second-order valence-corrected chi connectivity index (χ2v) is 5.24. The van der Waals surface area contributed by atoms with Crippen LogP contribution in [0.25, 0.3) is 0 Å². The molecule has 1 unspecified atom stereocenters. The van der Waals surface area contributed by atoms with Crippen molar-refractivity contribution >= 4 is 22.9 Å². The van der Waals surface area contributed by atoms with Crippen LogP contribution in [0.5, 0.6) is 0 Å². The molecule has 1 amide bonds. The van der Waals surface area contributed by atoms with Crippen LogP contribution < -0.4 is 11.1 Å². The second-order valence-electron chi connectivity index (χ2n) is 4.30. The zero-order valence-electron chi connectivity index (χ0n) is 11.0. The summed E-state index contributed by atoms with van der Waals surface area (Å²) in [6, 6.07) is 6.92. The van der Waals surface area contributed by atoms with Gasteiger partial charge in [0.1, 0.15) is 0 Å². The number of thiazole rings is 1. The van der Waals surface area contributed by atoms with Crippen LogP contribution >= 0.6 is 11.3 Å². The Morgan fingerprint density at radius 2 is 2.21 bits per heavy atom. The zero-order valence-corrected chi connectivity index (χ0v) is 11.8. The summed E-state index contributed by atoms with van der Waals surface area (Å²) in [6.45, 7) is 3.99. The van der Waals surface area contributed by atoms with Crippen molar-refractivity contribution in [3.05, 3.63) is 45.9 Å². The Hall–Kier alpha value is -1.88. The van der Waals surface area contributed by atoms with Crippen LogP contribution in [-0.4, -0.2) is 10.9 Å². The van der Waals surface area contributed by atoms with E-state index in [4.69, 9.17) is 5.73 Å². The van der Waals surface area contributed by atoms with Gasteiger partial charge in [0, 0.05) is 11.1 Å². The van der Waals surface area contributed by atoms with Crippen LogP contribution in [0.4, 0.5) is 5.69 Å². The topological polar surface area (TPSA) is 68.0 Å². The average Bonchev–Trinajstić information content (AvgIpc) is 2.88. The molecular formula is C14H17N3OS. The molecule has 1 aromatic carbocycles. The molecule has 0 fully saturated rings. The molecule has 19 heavy (non-hydrogen) atoms. The first-order chi connectivity index (χ1) is 9.11. The van der Waals surface area contributed by atoms with E-state index in [0.29, 0.717) is 11.3 Å². The monoisotopic (exact) mass is 275 g/mol. The first kappa shape index (κ1) is 13.5. The van der Waals surface area contributed by atoms with Gasteiger partial charge in [-0.25, -0.2) is 4.98 Å². The lowest BCUT2D eigenvalue weighted by Crippen LogP contribution is -2.27. The Morgan fingerprint density at radius 3 is 2.84 bits per heavy atom. The number of carbonyl (C=O) groups excluding carboxylic acids is 1. The normalized spacial score (nSPS) is 12.1. The highest BCUT2D eigenvalue weighted by Crippen LogP contribution is 2.18. The van der Waals surface area contributed by atoms with Gasteiger partial charge in [-0.3, -0.25) is 4.79 Å². The predicted molar refractivity (Wildman–Crippen MR) is 78.2 cm³/mol. The second kappa shape index (κ2) is 5.84. The highest BCUT2D eigenvalue weighted by molar-refractivity contribution is 7.09.